The second-order valence-corrected chi connectivity index (χ2v) is 2.52. The maximum atomic E-state index is 10.9. The van der Waals surface area contributed by atoms with Gasteiger partial charge in [0, 0.05) is 5.92 Å². The Morgan fingerprint density at radius 2 is 2.07 bits per heavy atom. The van der Waals surface area contributed by atoms with Crippen molar-refractivity contribution in [2.75, 3.05) is 6.61 Å². The molecule has 0 aliphatic heterocycles. The molecule has 0 spiro atoms. The average Bonchev–Trinajstić information content (AvgIpc) is 2.25. The van der Waals surface area contributed by atoms with Crippen LogP contribution in [-0.2, 0) is 16.1 Å². The maximum absolute atomic E-state index is 10.9. The van der Waals surface area contributed by atoms with E-state index in [0.717, 1.165) is 5.56 Å². The summed E-state index contributed by atoms with van der Waals surface area (Å²) < 4.78 is 4.81. The maximum Gasteiger partial charge on any atom is 0.384 e. The van der Waals surface area contributed by atoms with E-state index < -0.39 is 5.97 Å². The first-order valence-corrected chi connectivity index (χ1v) is 4.13. The molecule has 0 fully saturated rings. The van der Waals surface area contributed by atoms with Crippen LogP contribution in [0.3, 0.4) is 0 Å². The molecule has 1 N–H and O–H groups in total. The van der Waals surface area contributed by atoms with Crippen LogP contribution in [0.15, 0.2) is 30.3 Å². The van der Waals surface area contributed by atoms with Crippen molar-refractivity contribution in [1.82, 2.24) is 0 Å². The normalized spacial score (nSPS) is 8.64. The molecule has 14 heavy (non-hydrogen) atoms. The summed E-state index contributed by atoms with van der Waals surface area (Å²) in [6.07, 6.45) is 0. The van der Waals surface area contributed by atoms with E-state index in [9.17, 15) is 4.79 Å². The average molecular weight is 190 g/mol. The lowest BCUT2D eigenvalue weighted by Gasteiger charge is -1.99. The predicted molar refractivity (Wildman–Crippen MR) is 51.1 cm³/mol. The quantitative estimate of drug-likeness (QED) is 0.424. The molecular weight excluding hydrogens is 180 g/mol. The summed E-state index contributed by atoms with van der Waals surface area (Å²) in [6, 6.07) is 9.32. The van der Waals surface area contributed by atoms with Crippen LogP contribution < -0.4 is 0 Å². The lowest BCUT2D eigenvalue weighted by molar-refractivity contribution is -0.137. The number of hydrogen-bond acceptors (Lipinski definition) is 3. The van der Waals surface area contributed by atoms with Crippen molar-refractivity contribution in [1.29, 1.82) is 0 Å². The number of aliphatic hydroxyl groups excluding tert-OH is 1. The predicted octanol–water partition coefficient (Wildman–Crippen LogP) is 0.726. The minimum atomic E-state index is -0.622. The summed E-state index contributed by atoms with van der Waals surface area (Å²) in [5.74, 6) is 3.73. The van der Waals surface area contributed by atoms with E-state index in [0.29, 0.717) is 0 Å². The zero-order valence-corrected chi connectivity index (χ0v) is 7.56. The standard InChI is InChI=1S/C11H10O3/c12-8-4-7-11(13)14-9-10-5-2-1-3-6-10/h1-3,5-6,12H,8-9H2. The molecule has 1 aromatic rings. The fourth-order valence-electron chi connectivity index (χ4n) is 0.871. The molecule has 0 atom stereocenters. The largest absolute Gasteiger partial charge is 0.451 e. The van der Waals surface area contributed by atoms with Crippen LogP contribution in [0.5, 0.6) is 0 Å². The molecule has 0 radical (unpaired) electrons. The van der Waals surface area contributed by atoms with Gasteiger partial charge in [-0.2, -0.15) is 0 Å². The summed E-state index contributed by atoms with van der Waals surface area (Å²) in [6.45, 7) is -0.125. The number of benzene rings is 1. The monoisotopic (exact) mass is 190 g/mol. The topological polar surface area (TPSA) is 46.5 Å². The first-order valence-electron chi connectivity index (χ1n) is 4.13. The van der Waals surface area contributed by atoms with Gasteiger partial charge in [-0.1, -0.05) is 36.3 Å². The summed E-state index contributed by atoms with van der Waals surface area (Å²) in [5, 5.41) is 8.32. The fraction of sp³-hybridized carbons (Fsp3) is 0.182. The van der Waals surface area contributed by atoms with Gasteiger partial charge in [-0.25, -0.2) is 4.79 Å². The lowest BCUT2D eigenvalue weighted by Crippen LogP contribution is -2.01. The van der Waals surface area contributed by atoms with Gasteiger partial charge >= 0.3 is 5.97 Å². The van der Waals surface area contributed by atoms with Crippen molar-refractivity contribution in [3.8, 4) is 11.8 Å². The molecule has 0 heterocycles. The Hall–Kier alpha value is -1.79. The van der Waals surface area contributed by atoms with Gasteiger partial charge in [-0.3, -0.25) is 0 Å². The van der Waals surface area contributed by atoms with Crippen molar-refractivity contribution in [3.05, 3.63) is 35.9 Å². The molecular formula is C11H10O3. The number of aliphatic hydroxyl groups is 1. The number of carbonyl (C=O) groups is 1. The number of rotatable bonds is 2. The van der Waals surface area contributed by atoms with Gasteiger partial charge in [0.1, 0.15) is 13.2 Å². The Morgan fingerprint density at radius 3 is 2.71 bits per heavy atom. The lowest BCUT2D eigenvalue weighted by atomic mass is 10.2. The van der Waals surface area contributed by atoms with Gasteiger partial charge in [-0.05, 0) is 5.56 Å². The summed E-state index contributed by atoms with van der Waals surface area (Å²) in [4.78, 5) is 10.9. The number of esters is 1. The van der Waals surface area contributed by atoms with Gasteiger partial charge in [0.15, 0.2) is 0 Å². The molecule has 0 bridgehead atoms. The molecule has 3 nitrogen and oxygen atoms in total. The minimum Gasteiger partial charge on any atom is -0.451 e. The molecule has 0 saturated heterocycles. The summed E-state index contributed by atoms with van der Waals surface area (Å²) in [5.41, 5.74) is 0.909. The highest BCUT2D eigenvalue weighted by Gasteiger charge is 1.96. The Bertz CT molecular complexity index is 346. The first kappa shape index (κ1) is 10.3. The van der Waals surface area contributed by atoms with Crippen LogP contribution >= 0.6 is 0 Å². The van der Waals surface area contributed by atoms with Crippen molar-refractivity contribution in [2.45, 2.75) is 6.61 Å². The third-order valence-corrected chi connectivity index (χ3v) is 1.48. The zero-order chi connectivity index (χ0) is 10.2. The van der Waals surface area contributed by atoms with Crippen LogP contribution in [0.2, 0.25) is 0 Å². The number of ether oxygens (including phenoxy) is 1. The van der Waals surface area contributed by atoms with E-state index >= 15 is 0 Å². The summed E-state index contributed by atoms with van der Waals surface area (Å²) >= 11 is 0. The fourth-order valence-corrected chi connectivity index (χ4v) is 0.871. The van der Waals surface area contributed by atoms with Gasteiger partial charge in [0.05, 0.1) is 0 Å². The van der Waals surface area contributed by atoms with E-state index in [4.69, 9.17) is 9.84 Å². The second-order valence-electron chi connectivity index (χ2n) is 2.52. The van der Waals surface area contributed by atoms with Crippen LogP contribution in [0.4, 0.5) is 0 Å². The van der Waals surface area contributed by atoms with E-state index in [1.54, 1.807) is 0 Å². The van der Waals surface area contributed by atoms with Crippen LogP contribution in [0, 0.1) is 11.8 Å². The van der Waals surface area contributed by atoms with Gasteiger partial charge < -0.3 is 9.84 Å². The Kier molecular flexibility index (Phi) is 4.25. The van der Waals surface area contributed by atoms with Crippen LogP contribution in [0.1, 0.15) is 5.56 Å². The highest BCUT2D eigenvalue weighted by molar-refractivity contribution is 5.88. The van der Waals surface area contributed by atoms with Crippen molar-refractivity contribution in [3.63, 3.8) is 0 Å². The summed E-state index contributed by atoms with van der Waals surface area (Å²) in [7, 11) is 0. The van der Waals surface area contributed by atoms with Crippen molar-refractivity contribution < 1.29 is 14.6 Å². The second kappa shape index (κ2) is 5.79. The third-order valence-electron chi connectivity index (χ3n) is 1.48. The molecule has 72 valence electrons. The molecule has 0 saturated carbocycles. The molecule has 1 aromatic carbocycles. The molecule has 0 aromatic heterocycles. The molecule has 3 heteroatoms. The smallest absolute Gasteiger partial charge is 0.384 e. The van der Waals surface area contributed by atoms with Crippen LogP contribution in [-0.4, -0.2) is 17.7 Å². The molecule has 1 rings (SSSR count). The molecule has 0 aliphatic carbocycles. The third kappa shape index (κ3) is 3.74. The zero-order valence-electron chi connectivity index (χ0n) is 7.56. The van der Waals surface area contributed by atoms with Gasteiger partial charge in [0.2, 0.25) is 0 Å². The molecule has 0 aliphatic rings. The van der Waals surface area contributed by atoms with Gasteiger partial charge in [0.25, 0.3) is 0 Å². The van der Waals surface area contributed by atoms with Gasteiger partial charge in [-0.15, -0.1) is 0 Å². The SMILES string of the molecule is O=C(C#CCO)OCc1ccccc1. The molecule has 0 unspecified atom stereocenters. The Balaban J connectivity index is 2.38. The van der Waals surface area contributed by atoms with Crippen LogP contribution in [0.25, 0.3) is 0 Å². The number of hydrogen-bond donors (Lipinski definition) is 1. The molecule has 0 amide bonds. The van der Waals surface area contributed by atoms with E-state index in [-0.39, 0.29) is 13.2 Å². The Labute approximate surface area is 82.3 Å². The van der Waals surface area contributed by atoms with E-state index in [2.05, 4.69) is 11.8 Å². The minimum absolute atomic E-state index is 0.208. The highest BCUT2D eigenvalue weighted by Crippen LogP contribution is 1.99. The first-order chi connectivity index (χ1) is 6.83. The Morgan fingerprint density at radius 1 is 1.36 bits per heavy atom. The van der Waals surface area contributed by atoms with E-state index in [1.165, 1.54) is 0 Å². The van der Waals surface area contributed by atoms with Crippen molar-refractivity contribution >= 4 is 5.97 Å². The van der Waals surface area contributed by atoms with Crippen molar-refractivity contribution in [2.24, 2.45) is 0 Å². The number of carbonyl (C=O) groups excluding carboxylic acids is 1. The van der Waals surface area contributed by atoms with E-state index in [1.807, 2.05) is 30.3 Å². The highest BCUT2D eigenvalue weighted by atomic mass is 16.5.